The highest BCUT2D eigenvalue weighted by Gasteiger charge is 2.29. The Morgan fingerprint density at radius 3 is 2.75 bits per heavy atom. The number of nitrogens with two attached hydrogens (primary N) is 1. The SMILES string of the molecule is COCCCn1c([C@@H]2CCCN(C(=O)C[C@@H](N)CNC(=O)c3ccc(-c4ccccc4)o3)C2)nc2ccccc21. The van der Waals surface area contributed by atoms with Gasteiger partial charge in [0.1, 0.15) is 11.6 Å². The van der Waals surface area contributed by atoms with E-state index in [1.807, 2.05) is 53.4 Å². The van der Waals surface area contributed by atoms with E-state index >= 15 is 0 Å². The Kier molecular flexibility index (Phi) is 8.93. The summed E-state index contributed by atoms with van der Waals surface area (Å²) < 4.78 is 13.3. The number of benzene rings is 2. The fourth-order valence-electron chi connectivity index (χ4n) is 5.38. The standard InChI is InChI=1S/C31H37N5O4/c1-39-18-8-17-36-26-13-6-5-12-25(26)34-30(36)23-11-7-16-35(21-23)29(37)19-24(32)20-33-31(38)28-15-14-27(40-28)22-9-3-2-4-10-22/h2-6,9-10,12-15,23-24H,7-8,11,16-21,32H2,1H3,(H,33,38)/t23-,24-/m1/s1. The first-order chi connectivity index (χ1) is 19.5. The number of aryl methyl sites for hydroxylation is 1. The molecule has 0 saturated carbocycles. The minimum atomic E-state index is -0.501. The highest BCUT2D eigenvalue weighted by molar-refractivity contribution is 5.92. The topological polar surface area (TPSA) is 116 Å². The van der Waals surface area contributed by atoms with Gasteiger partial charge in [-0.15, -0.1) is 0 Å². The molecule has 210 valence electrons. The van der Waals surface area contributed by atoms with Gasteiger partial charge in [-0.1, -0.05) is 42.5 Å². The van der Waals surface area contributed by atoms with Crippen LogP contribution in [0.2, 0.25) is 0 Å². The van der Waals surface area contributed by atoms with Gasteiger partial charge in [-0.25, -0.2) is 4.98 Å². The minimum Gasteiger partial charge on any atom is -0.451 e. The molecule has 9 nitrogen and oxygen atoms in total. The molecule has 3 N–H and O–H groups in total. The number of amides is 2. The van der Waals surface area contributed by atoms with Gasteiger partial charge >= 0.3 is 0 Å². The number of aromatic nitrogens is 2. The number of carbonyl (C=O) groups is 2. The lowest BCUT2D eigenvalue weighted by atomic mass is 9.96. The Labute approximate surface area is 234 Å². The lowest BCUT2D eigenvalue weighted by molar-refractivity contribution is -0.132. The second-order valence-electron chi connectivity index (χ2n) is 10.3. The fourth-order valence-corrected chi connectivity index (χ4v) is 5.38. The molecule has 2 amide bonds. The summed E-state index contributed by atoms with van der Waals surface area (Å²) in [5, 5.41) is 2.80. The third kappa shape index (κ3) is 6.43. The van der Waals surface area contributed by atoms with Crippen LogP contribution in [0.3, 0.4) is 0 Å². The molecular weight excluding hydrogens is 506 g/mol. The highest BCUT2D eigenvalue weighted by Crippen LogP contribution is 2.30. The van der Waals surface area contributed by atoms with Crippen molar-refractivity contribution in [3.8, 4) is 11.3 Å². The van der Waals surface area contributed by atoms with E-state index in [9.17, 15) is 9.59 Å². The Balaban J connectivity index is 1.16. The van der Waals surface area contributed by atoms with Gasteiger partial charge in [-0.2, -0.15) is 0 Å². The summed E-state index contributed by atoms with van der Waals surface area (Å²) in [6, 6.07) is 20.7. The summed E-state index contributed by atoms with van der Waals surface area (Å²) in [7, 11) is 1.71. The third-order valence-corrected chi connectivity index (χ3v) is 7.40. The van der Waals surface area contributed by atoms with Crippen LogP contribution >= 0.6 is 0 Å². The van der Waals surface area contributed by atoms with Crippen LogP contribution in [0.4, 0.5) is 0 Å². The summed E-state index contributed by atoms with van der Waals surface area (Å²) in [6.07, 6.45) is 2.94. The van der Waals surface area contributed by atoms with E-state index in [4.69, 9.17) is 19.9 Å². The van der Waals surface area contributed by atoms with Crippen LogP contribution in [-0.4, -0.2) is 65.7 Å². The van der Waals surface area contributed by atoms with Crippen LogP contribution in [0.25, 0.3) is 22.4 Å². The maximum absolute atomic E-state index is 13.2. The van der Waals surface area contributed by atoms with Crippen molar-refractivity contribution >= 4 is 22.8 Å². The number of rotatable bonds is 11. The average molecular weight is 544 g/mol. The molecule has 0 aliphatic carbocycles. The second-order valence-corrected chi connectivity index (χ2v) is 10.3. The molecule has 1 fully saturated rings. The number of carbonyl (C=O) groups excluding carboxylic acids is 2. The van der Waals surface area contributed by atoms with Crippen LogP contribution in [0.15, 0.2) is 71.1 Å². The van der Waals surface area contributed by atoms with Gasteiger partial charge in [0.15, 0.2) is 5.76 Å². The van der Waals surface area contributed by atoms with Gasteiger partial charge in [0.2, 0.25) is 5.91 Å². The predicted octanol–water partition coefficient (Wildman–Crippen LogP) is 4.19. The number of piperidine rings is 1. The van der Waals surface area contributed by atoms with Crippen molar-refractivity contribution in [3.63, 3.8) is 0 Å². The van der Waals surface area contributed by atoms with Crippen LogP contribution in [0.1, 0.15) is 48.0 Å². The molecule has 1 saturated heterocycles. The lowest BCUT2D eigenvalue weighted by Crippen LogP contribution is -2.45. The molecule has 0 unspecified atom stereocenters. The molecule has 2 atom stereocenters. The van der Waals surface area contributed by atoms with Crippen molar-refractivity contribution in [1.29, 1.82) is 0 Å². The van der Waals surface area contributed by atoms with Crippen molar-refractivity contribution in [2.24, 2.45) is 5.73 Å². The molecule has 1 aliphatic rings. The zero-order valence-corrected chi connectivity index (χ0v) is 22.9. The molecule has 1 aliphatic heterocycles. The molecule has 40 heavy (non-hydrogen) atoms. The van der Waals surface area contributed by atoms with Gasteiger partial charge in [-0.3, -0.25) is 9.59 Å². The third-order valence-electron chi connectivity index (χ3n) is 7.40. The first-order valence-corrected chi connectivity index (χ1v) is 13.9. The molecule has 2 aromatic carbocycles. The van der Waals surface area contributed by atoms with E-state index in [1.165, 1.54) is 0 Å². The Bertz CT molecular complexity index is 1430. The number of hydrogen-bond acceptors (Lipinski definition) is 6. The van der Waals surface area contributed by atoms with Crippen molar-refractivity contribution in [3.05, 3.63) is 78.3 Å². The number of nitrogens with one attached hydrogen (secondary N) is 1. The van der Waals surface area contributed by atoms with Gasteiger partial charge in [0.25, 0.3) is 5.91 Å². The van der Waals surface area contributed by atoms with Crippen molar-refractivity contribution in [2.45, 2.75) is 44.2 Å². The van der Waals surface area contributed by atoms with Crippen molar-refractivity contribution in [2.75, 3.05) is 33.4 Å². The van der Waals surface area contributed by atoms with Gasteiger partial charge in [0, 0.05) is 63.8 Å². The van der Waals surface area contributed by atoms with E-state index in [1.54, 1.807) is 19.2 Å². The summed E-state index contributed by atoms with van der Waals surface area (Å²) in [5.74, 6) is 1.66. The Morgan fingerprint density at radius 1 is 1.12 bits per heavy atom. The zero-order valence-electron chi connectivity index (χ0n) is 22.9. The molecule has 2 aromatic heterocycles. The Hall–Kier alpha value is -3.95. The summed E-state index contributed by atoms with van der Waals surface area (Å²) >= 11 is 0. The van der Waals surface area contributed by atoms with E-state index in [0.29, 0.717) is 25.5 Å². The number of furan rings is 1. The molecule has 0 bridgehead atoms. The van der Waals surface area contributed by atoms with Crippen LogP contribution in [0.5, 0.6) is 0 Å². The van der Waals surface area contributed by atoms with Crippen LogP contribution in [-0.2, 0) is 16.1 Å². The van der Waals surface area contributed by atoms with Crippen LogP contribution in [0, 0.1) is 0 Å². The summed E-state index contributed by atoms with van der Waals surface area (Å²) in [5.41, 5.74) is 9.26. The smallest absolute Gasteiger partial charge is 0.287 e. The first-order valence-electron chi connectivity index (χ1n) is 13.9. The van der Waals surface area contributed by atoms with E-state index in [2.05, 4.69) is 16.0 Å². The number of fused-ring (bicyclic) bond motifs is 1. The predicted molar refractivity (Wildman–Crippen MR) is 154 cm³/mol. The van der Waals surface area contributed by atoms with E-state index in [-0.39, 0.29) is 36.5 Å². The highest BCUT2D eigenvalue weighted by atomic mass is 16.5. The number of likely N-dealkylation sites (tertiary alicyclic amines) is 1. The second kappa shape index (κ2) is 12.9. The number of imidazole rings is 1. The normalized spacial score (nSPS) is 16.2. The quantitative estimate of drug-likeness (QED) is 0.274. The van der Waals surface area contributed by atoms with Gasteiger partial charge < -0.3 is 29.7 Å². The molecule has 3 heterocycles. The Morgan fingerprint density at radius 2 is 1.93 bits per heavy atom. The van der Waals surface area contributed by atoms with Crippen LogP contribution < -0.4 is 11.1 Å². The molecule has 9 heteroatoms. The largest absolute Gasteiger partial charge is 0.451 e. The summed E-state index contributed by atoms with van der Waals surface area (Å²) in [6.45, 7) is 3.00. The van der Waals surface area contributed by atoms with Gasteiger partial charge in [-0.05, 0) is 43.5 Å². The molecular formula is C31H37N5O4. The maximum Gasteiger partial charge on any atom is 0.287 e. The minimum absolute atomic E-state index is 0.00199. The lowest BCUT2D eigenvalue weighted by Gasteiger charge is -2.33. The molecule has 4 aromatic rings. The first kappa shape index (κ1) is 27.6. The zero-order chi connectivity index (χ0) is 27.9. The average Bonchev–Trinajstić information content (AvgIpc) is 3.63. The van der Waals surface area contributed by atoms with E-state index < -0.39 is 6.04 Å². The monoisotopic (exact) mass is 543 g/mol. The van der Waals surface area contributed by atoms with Crippen molar-refractivity contribution in [1.82, 2.24) is 19.8 Å². The van der Waals surface area contributed by atoms with E-state index in [0.717, 1.165) is 48.2 Å². The number of hydrogen-bond donors (Lipinski definition) is 2. The maximum atomic E-state index is 13.2. The fraction of sp³-hybridized carbons (Fsp3) is 0.387. The summed E-state index contributed by atoms with van der Waals surface area (Å²) in [4.78, 5) is 32.7. The number of para-hydroxylation sites is 2. The van der Waals surface area contributed by atoms with Gasteiger partial charge in [0.05, 0.1) is 11.0 Å². The van der Waals surface area contributed by atoms with Crippen molar-refractivity contribution < 1.29 is 18.7 Å². The number of nitrogens with zero attached hydrogens (tertiary/aromatic N) is 3. The molecule has 0 radical (unpaired) electrons. The number of ether oxygens (including phenoxy) is 1. The molecule has 5 rings (SSSR count). The number of methoxy groups -OCH3 is 1. The molecule has 0 spiro atoms.